The van der Waals surface area contributed by atoms with Gasteiger partial charge in [0, 0.05) is 6.04 Å². The number of carbonyl (C=O) groups is 1. The summed E-state index contributed by atoms with van der Waals surface area (Å²) in [5.74, 6) is -1.76. The lowest BCUT2D eigenvalue weighted by Crippen LogP contribution is -2.46. The first-order valence-electron chi connectivity index (χ1n) is 7.65. The molecule has 7 heteroatoms. The highest BCUT2D eigenvalue weighted by atomic mass is 19.4. The molecule has 0 radical (unpaired) electrons. The minimum Gasteiger partial charge on any atom is -0.335 e. The predicted molar refractivity (Wildman–Crippen MR) is 78.3 cm³/mol. The van der Waals surface area contributed by atoms with Crippen LogP contribution >= 0.6 is 0 Å². The first kappa shape index (κ1) is 17.6. The maximum atomic E-state index is 13.2. The zero-order valence-corrected chi connectivity index (χ0v) is 12.8. The van der Waals surface area contributed by atoms with E-state index in [1.165, 1.54) is 18.2 Å². The molecule has 0 aliphatic heterocycles. The molecule has 3 nitrogen and oxygen atoms in total. The van der Waals surface area contributed by atoms with Gasteiger partial charge in [-0.25, -0.2) is 9.18 Å². The second-order valence-corrected chi connectivity index (χ2v) is 6.00. The molecule has 1 aromatic rings. The summed E-state index contributed by atoms with van der Waals surface area (Å²) in [6.45, 7) is 1.69. The average molecular weight is 332 g/mol. The minimum atomic E-state index is -4.22. The molecule has 0 heterocycles. The topological polar surface area (TPSA) is 41.1 Å². The summed E-state index contributed by atoms with van der Waals surface area (Å²) < 4.78 is 51.4. The summed E-state index contributed by atoms with van der Waals surface area (Å²) in [5.41, 5.74) is 0.594. The van der Waals surface area contributed by atoms with E-state index in [1.807, 2.05) is 0 Å². The number of urea groups is 1. The molecule has 2 N–H and O–H groups in total. The van der Waals surface area contributed by atoms with Crippen LogP contribution in [-0.4, -0.2) is 18.2 Å². The number of benzene rings is 1. The molecule has 1 aromatic carbocycles. The normalized spacial score (nSPS) is 23.2. The van der Waals surface area contributed by atoms with Crippen molar-refractivity contribution in [3.63, 3.8) is 0 Å². The van der Waals surface area contributed by atoms with E-state index in [0.717, 1.165) is 0 Å². The average Bonchev–Trinajstić information content (AvgIpc) is 2.46. The highest BCUT2D eigenvalue weighted by Gasteiger charge is 2.42. The van der Waals surface area contributed by atoms with Crippen molar-refractivity contribution in [1.82, 2.24) is 10.6 Å². The third-order valence-corrected chi connectivity index (χ3v) is 4.17. The van der Waals surface area contributed by atoms with Crippen LogP contribution in [0.2, 0.25) is 0 Å². The number of rotatable bonds is 3. The van der Waals surface area contributed by atoms with Crippen LogP contribution in [0.4, 0.5) is 22.4 Å². The van der Waals surface area contributed by atoms with Crippen LogP contribution in [0, 0.1) is 11.7 Å². The van der Waals surface area contributed by atoms with Crippen molar-refractivity contribution in [3.8, 4) is 0 Å². The summed E-state index contributed by atoms with van der Waals surface area (Å²) in [6, 6.07) is 4.36. The highest BCUT2D eigenvalue weighted by Crippen LogP contribution is 2.37. The van der Waals surface area contributed by atoms with E-state index in [1.54, 1.807) is 13.0 Å². The fraction of sp³-hybridized carbons (Fsp3) is 0.562. The van der Waals surface area contributed by atoms with Gasteiger partial charge in [-0.1, -0.05) is 18.6 Å². The van der Waals surface area contributed by atoms with Crippen LogP contribution in [0.15, 0.2) is 24.3 Å². The Morgan fingerprint density at radius 3 is 2.70 bits per heavy atom. The largest absolute Gasteiger partial charge is 0.391 e. The Bertz CT molecular complexity index is 547. The van der Waals surface area contributed by atoms with Gasteiger partial charge >= 0.3 is 12.2 Å². The van der Waals surface area contributed by atoms with Gasteiger partial charge in [-0.3, -0.25) is 0 Å². The predicted octanol–water partition coefficient (Wildman–Crippen LogP) is 4.31. The number of alkyl halides is 3. The third-order valence-electron chi connectivity index (χ3n) is 4.17. The maximum absolute atomic E-state index is 13.2. The van der Waals surface area contributed by atoms with Crippen LogP contribution in [0.5, 0.6) is 0 Å². The van der Waals surface area contributed by atoms with Gasteiger partial charge in [0.2, 0.25) is 0 Å². The van der Waals surface area contributed by atoms with E-state index < -0.39 is 36.0 Å². The van der Waals surface area contributed by atoms with E-state index in [9.17, 15) is 22.4 Å². The molecule has 0 bridgehead atoms. The molecule has 0 unspecified atom stereocenters. The Labute approximate surface area is 132 Å². The van der Waals surface area contributed by atoms with Crippen molar-refractivity contribution < 1.29 is 22.4 Å². The molecule has 0 aromatic heterocycles. The molecule has 23 heavy (non-hydrogen) atoms. The van der Waals surface area contributed by atoms with E-state index >= 15 is 0 Å². The fourth-order valence-corrected chi connectivity index (χ4v) is 2.90. The Kier molecular flexibility index (Phi) is 5.49. The molecular formula is C16H20F4N2O. The molecule has 1 aliphatic carbocycles. The van der Waals surface area contributed by atoms with Gasteiger partial charge in [-0.2, -0.15) is 13.2 Å². The summed E-state index contributed by atoms with van der Waals surface area (Å²) in [5, 5.41) is 5.22. The SMILES string of the molecule is C[C@@H](NC(=O)N[C@@H]1CCC[C@@H](C(F)(F)F)C1)c1cccc(F)c1. The number of hydrogen-bond acceptors (Lipinski definition) is 1. The van der Waals surface area contributed by atoms with E-state index in [4.69, 9.17) is 0 Å². The maximum Gasteiger partial charge on any atom is 0.391 e. The van der Waals surface area contributed by atoms with Gasteiger partial charge in [0.15, 0.2) is 0 Å². The van der Waals surface area contributed by atoms with Crippen molar-refractivity contribution in [1.29, 1.82) is 0 Å². The smallest absolute Gasteiger partial charge is 0.335 e. The third kappa shape index (κ3) is 5.11. The number of amides is 2. The van der Waals surface area contributed by atoms with Gasteiger partial charge < -0.3 is 10.6 Å². The van der Waals surface area contributed by atoms with Gasteiger partial charge in [0.1, 0.15) is 5.82 Å². The number of hydrogen-bond donors (Lipinski definition) is 2. The lowest BCUT2D eigenvalue weighted by molar-refractivity contribution is -0.183. The van der Waals surface area contributed by atoms with Crippen LogP contribution in [0.3, 0.4) is 0 Å². The molecular weight excluding hydrogens is 312 g/mol. The van der Waals surface area contributed by atoms with Crippen LogP contribution in [0.25, 0.3) is 0 Å². The summed E-state index contributed by atoms with van der Waals surface area (Å²) >= 11 is 0. The summed E-state index contributed by atoms with van der Waals surface area (Å²) in [6.07, 6.45) is -3.22. The van der Waals surface area contributed by atoms with Crippen LogP contribution < -0.4 is 10.6 Å². The molecule has 1 fully saturated rings. The van der Waals surface area contributed by atoms with Crippen LogP contribution in [-0.2, 0) is 0 Å². The lowest BCUT2D eigenvalue weighted by atomic mass is 9.85. The molecule has 1 aliphatic rings. The standard InChI is InChI=1S/C16H20F4N2O/c1-10(11-4-2-6-13(17)8-11)21-15(23)22-14-7-3-5-12(9-14)16(18,19)20/h2,4,6,8,10,12,14H,3,5,7,9H2,1H3,(H2,21,22,23)/t10-,12-,14-/m1/s1. The molecule has 128 valence electrons. The Morgan fingerprint density at radius 2 is 2.04 bits per heavy atom. The number of nitrogens with one attached hydrogen (secondary N) is 2. The van der Waals surface area contributed by atoms with Gasteiger partial charge in [0.25, 0.3) is 0 Å². The van der Waals surface area contributed by atoms with E-state index in [2.05, 4.69) is 10.6 Å². The van der Waals surface area contributed by atoms with Crippen molar-refractivity contribution in [2.45, 2.75) is 50.9 Å². The molecule has 3 atom stereocenters. The van der Waals surface area contributed by atoms with Gasteiger partial charge in [-0.15, -0.1) is 0 Å². The van der Waals surface area contributed by atoms with Gasteiger partial charge in [0.05, 0.1) is 12.0 Å². The molecule has 2 rings (SSSR count). The second kappa shape index (κ2) is 7.19. The highest BCUT2D eigenvalue weighted by molar-refractivity contribution is 5.74. The number of halogens is 4. The first-order valence-corrected chi connectivity index (χ1v) is 7.65. The Morgan fingerprint density at radius 1 is 1.30 bits per heavy atom. The fourth-order valence-electron chi connectivity index (χ4n) is 2.90. The molecule has 0 saturated heterocycles. The van der Waals surface area contributed by atoms with Crippen molar-refractivity contribution in [2.75, 3.05) is 0 Å². The summed E-state index contributed by atoms with van der Waals surface area (Å²) in [4.78, 5) is 11.9. The van der Waals surface area contributed by atoms with Gasteiger partial charge in [-0.05, 0) is 43.9 Å². The van der Waals surface area contributed by atoms with E-state index in [0.29, 0.717) is 18.4 Å². The minimum absolute atomic E-state index is 0.0920. The zero-order valence-electron chi connectivity index (χ0n) is 12.8. The quantitative estimate of drug-likeness (QED) is 0.796. The monoisotopic (exact) mass is 332 g/mol. The van der Waals surface area contributed by atoms with E-state index in [-0.39, 0.29) is 12.8 Å². The Balaban J connectivity index is 1.87. The molecule has 2 amide bonds. The van der Waals surface area contributed by atoms with Crippen LogP contribution in [0.1, 0.15) is 44.2 Å². The Hall–Kier alpha value is -1.79. The van der Waals surface area contributed by atoms with Crippen molar-refractivity contribution >= 4 is 6.03 Å². The first-order chi connectivity index (χ1) is 10.8. The summed E-state index contributed by atoms with van der Waals surface area (Å²) in [7, 11) is 0. The molecule has 1 saturated carbocycles. The second-order valence-electron chi connectivity index (χ2n) is 6.00. The lowest BCUT2D eigenvalue weighted by Gasteiger charge is -2.31. The van der Waals surface area contributed by atoms with Crippen molar-refractivity contribution in [2.24, 2.45) is 5.92 Å². The van der Waals surface area contributed by atoms with Crippen molar-refractivity contribution in [3.05, 3.63) is 35.6 Å². The molecule has 0 spiro atoms. The zero-order chi connectivity index (χ0) is 17.0. The number of carbonyl (C=O) groups excluding carboxylic acids is 1.